The van der Waals surface area contributed by atoms with E-state index in [0.29, 0.717) is 35.8 Å². The van der Waals surface area contributed by atoms with Gasteiger partial charge in [-0.2, -0.15) is 0 Å². The summed E-state index contributed by atoms with van der Waals surface area (Å²) in [6, 6.07) is 9.82. The molecule has 168 valence electrons. The first-order valence-corrected chi connectivity index (χ1v) is 12.1. The summed E-state index contributed by atoms with van der Waals surface area (Å²) in [5, 5.41) is 0.931. The molecule has 2 heterocycles. The average molecular weight is 464 g/mol. The Balaban J connectivity index is 1.55. The lowest BCUT2D eigenvalue weighted by Gasteiger charge is -2.36. The predicted molar refractivity (Wildman–Crippen MR) is 128 cm³/mol. The van der Waals surface area contributed by atoms with Gasteiger partial charge in [-0.05, 0) is 32.9 Å². The molecule has 0 N–H and O–H groups in total. The Morgan fingerprint density at radius 3 is 2.52 bits per heavy atom. The van der Waals surface area contributed by atoms with Gasteiger partial charge in [-0.3, -0.25) is 4.79 Å². The molecule has 7 nitrogen and oxygen atoms in total. The van der Waals surface area contributed by atoms with Crippen molar-refractivity contribution in [3.63, 3.8) is 0 Å². The first kappa shape index (κ1) is 23.5. The molecule has 0 unspecified atom stereocenters. The molecule has 3 rings (SSSR count). The van der Waals surface area contributed by atoms with Crippen molar-refractivity contribution in [2.45, 2.75) is 25.9 Å². The number of ether oxygens (including phenoxy) is 1. The molecule has 0 atom stereocenters. The monoisotopic (exact) mass is 463 g/mol. The van der Waals surface area contributed by atoms with E-state index in [1.807, 2.05) is 30.0 Å². The van der Waals surface area contributed by atoms with E-state index < -0.39 is 0 Å². The van der Waals surface area contributed by atoms with Crippen LogP contribution in [0.4, 0.5) is 11.5 Å². The fourth-order valence-electron chi connectivity index (χ4n) is 3.57. The van der Waals surface area contributed by atoms with Crippen molar-refractivity contribution in [2.24, 2.45) is 0 Å². The number of rotatable bonds is 9. The minimum atomic E-state index is 0.0932. The molecule has 1 amide bonds. The zero-order valence-electron chi connectivity index (χ0n) is 18.4. The Kier molecular flexibility index (Phi) is 8.66. The molecule has 1 aliphatic rings. The van der Waals surface area contributed by atoms with Gasteiger partial charge in [-0.25, -0.2) is 9.97 Å². The Morgan fingerprint density at radius 1 is 1.13 bits per heavy atom. The van der Waals surface area contributed by atoms with Crippen LogP contribution in [0.3, 0.4) is 0 Å². The van der Waals surface area contributed by atoms with E-state index in [4.69, 9.17) is 16.3 Å². The molecule has 0 bridgehead atoms. The van der Waals surface area contributed by atoms with Gasteiger partial charge >= 0.3 is 0 Å². The van der Waals surface area contributed by atoms with Crippen LogP contribution < -0.4 is 14.5 Å². The summed E-state index contributed by atoms with van der Waals surface area (Å²) in [5.41, 5.74) is 1.09. The van der Waals surface area contributed by atoms with E-state index in [1.165, 1.54) is 11.8 Å². The van der Waals surface area contributed by atoms with Gasteiger partial charge in [0.05, 0.1) is 18.0 Å². The minimum absolute atomic E-state index is 0.0932. The molecular formula is C22H30ClN5O2S. The average Bonchev–Trinajstić information content (AvgIpc) is 2.79. The van der Waals surface area contributed by atoms with Crippen LogP contribution in [0.5, 0.6) is 5.75 Å². The van der Waals surface area contributed by atoms with Crippen LogP contribution in [0.1, 0.15) is 20.8 Å². The molecule has 2 aromatic rings. The van der Waals surface area contributed by atoms with Crippen molar-refractivity contribution in [2.75, 3.05) is 61.4 Å². The predicted octanol–water partition coefficient (Wildman–Crippen LogP) is 3.82. The van der Waals surface area contributed by atoms with Crippen LogP contribution in [0.15, 0.2) is 35.5 Å². The zero-order valence-corrected chi connectivity index (χ0v) is 20.0. The number of hydrogen-bond acceptors (Lipinski definition) is 7. The van der Waals surface area contributed by atoms with Crippen LogP contribution in [-0.2, 0) is 4.79 Å². The second kappa shape index (κ2) is 11.4. The Bertz CT molecular complexity index is 873. The summed E-state index contributed by atoms with van der Waals surface area (Å²) in [7, 11) is 0. The third-order valence-electron chi connectivity index (χ3n) is 5.21. The number of thioether (sulfide) groups is 1. The fraction of sp³-hybridized carbons (Fsp3) is 0.500. The number of amides is 1. The largest absolute Gasteiger partial charge is 0.492 e. The number of para-hydroxylation sites is 2. The standard InChI is InChI=1S/C22H30ClN5O2S/c1-4-26(5-2)20-15-19(23)24-22(25-20)31-16-21(29)28-13-11-27(12-14-28)17-9-7-8-10-18(17)30-6-3/h7-10,15H,4-6,11-14,16H2,1-3H3. The molecule has 0 radical (unpaired) electrons. The molecule has 1 aromatic heterocycles. The Hall–Kier alpha value is -2.19. The lowest BCUT2D eigenvalue weighted by molar-refractivity contribution is -0.128. The van der Waals surface area contributed by atoms with Crippen molar-refractivity contribution >= 4 is 40.8 Å². The van der Waals surface area contributed by atoms with Crippen LogP contribution >= 0.6 is 23.4 Å². The number of carbonyl (C=O) groups is 1. The topological polar surface area (TPSA) is 61.8 Å². The molecule has 1 saturated heterocycles. The molecule has 9 heteroatoms. The van der Waals surface area contributed by atoms with Gasteiger partial charge in [0, 0.05) is 45.3 Å². The van der Waals surface area contributed by atoms with Gasteiger partial charge in [-0.15, -0.1) is 0 Å². The van der Waals surface area contributed by atoms with E-state index in [1.54, 1.807) is 6.07 Å². The molecule has 1 fully saturated rings. The van der Waals surface area contributed by atoms with Crippen LogP contribution in [0.2, 0.25) is 5.15 Å². The minimum Gasteiger partial charge on any atom is -0.492 e. The van der Waals surface area contributed by atoms with E-state index in [0.717, 1.165) is 43.4 Å². The van der Waals surface area contributed by atoms with Crippen LogP contribution in [-0.4, -0.2) is 72.4 Å². The van der Waals surface area contributed by atoms with Gasteiger partial charge in [-0.1, -0.05) is 35.5 Å². The van der Waals surface area contributed by atoms with Crippen molar-refractivity contribution in [1.82, 2.24) is 14.9 Å². The van der Waals surface area contributed by atoms with Crippen molar-refractivity contribution in [3.05, 3.63) is 35.5 Å². The Morgan fingerprint density at radius 2 is 1.84 bits per heavy atom. The third-order valence-corrected chi connectivity index (χ3v) is 6.24. The fourth-order valence-corrected chi connectivity index (χ4v) is 4.55. The highest BCUT2D eigenvalue weighted by Gasteiger charge is 2.23. The number of nitrogens with zero attached hydrogens (tertiary/aromatic N) is 5. The quantitative estimate of drug-likeness (QED) is 0.318. The SMILES string of the molecule is CCOc1ccccc1N1CCN(C(=O)CSc2nc(Cl)cc(N(CC)CC)n2)CC1. The molecule has 0 spiro atoms. The number of carbonyl (C=O) groups excluding carboxylic acids is 1. The van der Waals surface area contributed by atoms with Crippen LogP contribution in [0.25, 0.3) is 0 Å². The highest BCUT2D eigenvalue weighted by atomic mass is 35.5. The van der Waals surface area contributed by atoms with Gasteiger partial charge in [0.15, 0.2) is 5.16 Å². The summed E-state index contributed by atoms with van der Waals surface area (Å²) < 4.78 is 5.75. The van der Waals surface area contributed by atoms with Gasteiger partial charge < -0.3 is 19.4 Å². The summed E-state index contributed by atoms with van der Waals surface area (Å²) in [5.74, 6) is 2.08. The highest BCUT2D eigenvalue weighted by Crippen LogP contribution is 2.29. The lowest BCUT2D eigenvalue weighted by Crippen LogP contribution is -2.49. The molecule has 0 saturated carbocycles. The van der Waals surface area contributed by atoms with Crippen LogP contribution in [0, 0.1) is 0 Å². The molecule has 1 aliphatic heterocycles. The van der Waals surface area contributed by atoms with Crippen molar-refractivity contribution in [1.29, 1.82) is 0 Å². The number of piperazine rings is 1. The maximum absolute atomic E-state index is 12.8. The van der Waals surface area contributed by atoms with Gasteiger partial charge in [0.1, 0.15) is 16.7 Å². The molecule has 0 aliphatic carbocycles. The number of halogens is 1. The number of aromatic nitrogens is 2. The smallest absolute Gasteiger partial charge is 0.233 e. The molecule has 1 aromatic carbocycles. The number of benzene rings is 1. The van der Waals surface area contributed by atoms with E-state index in [2.05, 4.69) is 39.7 Å². The summed E-state index contributed by atoms with van der Waals surface area (Å²) in [6.07, 6.45) is 0. The maximum Gasteiger partial charge on any atom is 0.233 e. The summed E-state index contributed by atoms with van der Waals surface area (Å²) in [6.45, 7) is 11.4. The normalized spacial score (nSPS) is 13.9. The molecular weight excluding hydrogens is 434 g/mol. The molecule has 31 heavy (non-hydrogen) atoms. The van der Waals surface area contributed by atoms with Crippen molar-refractivity contribution < 1.29 is 9.53 Å². The summed E-state index contributed by atoms with van der Waals surface area (Å²) in [4.78, 5) is 27.9. The van der Waals surface area contributed by atoms with Crippen molar-refractivity contribution in [3.8, 4) is 5.75 Å². The highest BCUT2D eigenvalue weighted by molar-refractivity contribution is 7.99. The summed E-state index contributed by atoms with van der Waals surface area (Å²) >= 11 is 7.52. The maximum atomic E-state index is 12.8. The van der Waals surface area contributed by atoms with E-state index >= 15 is 0 Å². The Labute approximate surface area is 193 Å². The first-order chi connectivity index (χ1) is 15.0. The first-order valence-electron chi connectivity index (χ1n) is 10.7. The third kappa shape index (κ3) is 6.17. The second-order valence-electron chi connectivity index (χ2n) is 7.06. The van der Waals surface area contributed by atoms with E-state index in [-0.39, 0.29) is 5.91 Å². The zero-order chi connectivity index (χ0) is 22.2. The van der Waals surface area contributed by atoms with Gasteiger partial charge in [0.2, 0.25) is 5.91 Å². The second-order valence-corrected chi connectivity index (χ2v) is 8.39. The van der Waals surface area contributed by atoms with E-state index in [9.17, 15) is 4.79 Å². The number of anilines is 2. The lowest BCUT2D eigenvalue weighted by atomic mass is 10.2. The number of hydrogen-bond donors (Lipinski definition) is 0. The van der Waals surface area contributed by atoms with Gasteiger partial charge in [0.25, 0.3) is 0 Å².